The summed E-state index contributed by atoms with van der Waals surface area (Å²) in [4.78, 5) is 0. The van der Waals surface area contributed by atoms with E-state index in [0.29, 0.717) is 22.9 Å². The van der Waals surface area contributed by atoms with Crippen molar-refractivity contribution in [3.05, 3.63) is 23.8 Å². The number of nitriles is 1. The van der Waals surface area contributed by atoms with Crippen LogP contribution in [0.4, 0.5) is 11.4 Å². The van der Waals surface area contributed by atoms with Crippen LogP contribution in [-0.2, 0) is 0 Å². The van der Waals surface area contributed by atoms with Gasteiger partial charge < -0.3 is 16.2 Å². The number of benzene rings is 1. The van der Waals surface area contributed by atoms with E-state index in [1.54, 1.807) is 12.1 Å². The molecule has 1 atom stereocenters. The molecule has 4 N–H and O–H groups in total. The number of hydrogen-bond acceptors (Lipinski definition) is 4. The van der Waals surface area contributed by atoms with Gasteiger partial charge in [0.05, 0.1) is 23.5 Å². The van der Waals surface area contributed by atoms with E-state index in [-0.39, 0.29) is 12.6 Å². The van der Waals surface area contributed by atoms with Crippen LogP contribution in [0, 0.1) is 17.2 Å². The molecule has 0 heterocycles. The van der Waals surface area contributed by atoms with Crippen molar-refractivity contribution in [2.75, 3.05) is 17.7 Å². The summed E-state index contributed by atoms with van der Waals surface area (Å²) in [5, 5.41) is 21.3. The van der Waals surface area contributed by atoms with Gasteiger partial charge in [0.25, 0.3) is 0 Å². The number of nitrogen functional groups attached to an aromatic ring is 1. The Balaban J connectivity index is 2.83. The normalized spacial score (nSPS) is 12.2. The molecule has 1 aromatic carbocycles. The fraction of sp³-hybridized carbons (Fsp3) is 0.462. The highest BCUT2D eigenvalue weighted by atomic mass is 16.3. The first-order valence-corrected chi connectivity index (χ1v) is 5.74. The minimum atomic E-state index is -0.0359. The summed E-state index contributed by atoms with van der Waals surface area (Å²) in [6, 6.07) is 7.28. The molecule has 0 bridgehead atoms. The second-order valence-electron chi connectivity index (χ2n) is 4.53. The molecule has 0 aliphatic carbocycles. The first-order valence-electron chi connectivity index (χ1n) is 5.74. The summed E-state index contributed by atoms with van der Waals surface area (Å²) in [6.45, 7) is 4.24. The first kappa shape index (κ1) is 13.3. The zero-order valence-electron chi connectivity index (χ0n) is 10.3. The summed E-state index contributed by atoms with van der Waals surface area (Å²) in [5.41, 5.74) is 7.47. The fourth-order valence-electron chi connectivity index (χ4n) is 1.76. The third kappa shape index (κ3) is 3.65. The molecule has 0 aromatic heterocycles. The Labute approximate surface area is 102 Å². The van der Waals surface area contributed by atoms with Crippen molar-refractivity contribution >= 4 is 11.4 Å². The van der Waals surface area contributed by atoms with Crippen molar-refractivity contribution in [2.45, 2.75) is 26.3 Å². The van der Waals surface area contributed by atoms with Gasteiger partial charge in [-0.15, -0.1) is 0 Å². The van der Waals surface area contributed by atoms with Gasteiger partial charge in [-0.2, -0.15) is 5.26 Å². The van der Waals surface area contributed by atoms with Crippen LogP contribution >= 0.6 is 0 Å². The average molecular weight is 233 g/mol. The molecular formula is C13H19N3O. The molecule has 0 radical (unpaired) electrons. The molecule has 0 aliphatic heterocycles. The maximum atomic E-state index is 9.29. The van der Waals surface area contributed by atoms with Crippen molar-refractivity contribution in [1.82, 2.24) is 0 Å². The summed E-state index contributed by atoms with van der Waals surface area (Å²) < 4.78 is 0. The molecule has 1 rings (SSSR count). The van der Waals surface area contributed by atoms with Gasteiger partial charge in [-0.3, -0.25) is 0 Å². The average Bonchev–Trinajstić information content (AvgIpc) is 2.30. The molecule has 0 spiro atoms. The lowest BCUT2D eigenvalue weighted by molar-refractivity contribution is 0.259. The zero-order chi connectivity index (χ0) is 12.8. The first-order chi connectivity index (χ1) is 8.08. The summed E-state index contributed by atoms with van der Waals surface area (Å²) in [5.74, 6) is 0.486. The number of hydrogen-bond donors (Lipinski definition) is 3. The van der Waals surface area contributed by atoms with E-state index in [0.717, 1.165) is 6.42 Å². The van der Waals surface area contributed by atoms with E-state index in [1.165, 1.54) is 0 Å². The number of rotatable bonds is 5. The van der Waals surface area contributed by atoms with Crippen LogP contribution < -0.4 is 11.1 Å². The number of nitrogens with zero attached hydrogens (tertiary/aromatic N) is 1. The molecule has 0 saturated heterocycles. The minimum Gasteiger partial charge on any atom is -0.396 e. The van der Waals surface area contributed by atoms with E-state index < -0.39 is 0 Å². The second kappa shape index (κ2) is 6.12. The number of nitrogens with one attached hydrogen (secondary N) is 1. The van der Waals surface area contributed by atoms with E-state index in [4.69, 9.17) is 11.0 Å². The van der Waals surface area contributed by atoms with E-state index in [9.17, 15) is 5.11 Å². The highest BCUT2D eigenvalue weighted by molar-refractivity contribution is 5.73. The number of aliphatic hydroxyl groups excluding tert-OH is 1. The van der Waals surface area contributed by atoms with Crippen molar-refractivity contribution < 1.29 is 5.11 Å². The molecule has 0 aliphatic rings. The Bertz CT molecular complexity index is 410. The van der Waals surface area contributed by atoms with Crippen molar-refractivity contribution in [3.8, 4) is 6.07 Å². The summed E-state index contributed by atoms with van der Waals surface area (Å²) >= 11 is 0. The Morgan fingerprint density at radius 2 is 2.18 bits per heavy atom. The van der Waals surface area contributed by atoms with Gasteiger partial charge in [0.1, 0.15) is 6.07 Å². The Morgan fingerprint density at radius 3 is 2.71 bits per heavy atom. The molecule has 0 amide bonds. The standard InChI is InChI=1S/C13H19N3O/c1-9(2)6-11(8-17)16-12-5-3-4-10(7-14)13(12)15/h3-5,9,11,16-17H,6,8,15H2,1-2H3. The lowest BCUT2D eigenvalue weighted by Crippen LogP contribution is -2.26. The monoisotopic (exact) mass is 233 g/mol. The van der Waals surface area contributed by atoms with Crippen LogP contribution in [0.1, 0.15) is 25.8 Å². The van der Waals surface area contributed by atoms with E-state index >= 15 is 0 Å². The van der Waals surface area contributed by atoms with Crippen molar-refractivity contribution in [3.63, 3.8) is 0 Å². The summed E-state index contributed by atoms with van der Waals surface area (Å²) in [6.07, 6.45) is 0.854. The SMILES string of the molecule is CC(C)CC(CO)Nc1cccc(C#N)c1N. The molecule has 4 heteroatoms. The van der Waals surface area contributed by atoms with E-state index in [2.05, 4.69) is 19.2 Å². The van der Waals surface area contributed by atoms with Gasteiger partial charge in [-0.05, 0) is 24.5 Å². The fourth-order valence-corrected chi connectivity index (χ4v) is 1.76. The van der Waals surface area contributed by atoms with Gasteiger partial charge >= 0.3 is 0 Å². The smallest absolute Gasteiger partial charge is 0.101 e. The van der Waals surface area contributed by atoms with Crippen molar-refractivity contribution in [1.29, 1.82) is 5.26 Å². The molecule has 4 nitrogen and oxygen atoms in total. The van der Waals surface area contributed by atoms with Gasteiger partial charge in [-0.25, -0.2) is 0 Å². The largest absolute Gasteiger partial charge is 0.396 e. The Hall–Kier alpha value is -1.73. The Kier molecular flexibility index (Phi) is 4.80. The third-order valence-electron chi connectivity index (χ3n) is 2.56. The maximum absolute atomic E-state index is 9.29. The van der Waals surface area contributed by atoms with Crippen LogP contribution in [0.5, 0.6) is 0 Å². The molecule has 92 valence electrons. The van der Waals surface area contributed by atoms with E-state index in [1.807, 2.05) is 12.1 Å². The van der Waals surface area contributed by atoms with Gasteiger partial charge in [0, 0.05) is 6.04 Å². The molecule has 17 heavy (non-hydrogen) atoms. The van der Waals surface area contributed by atoms with Gasteiger partial charge in [0.15, 0.2) is 0 Å². The maximum Gasteiger partial charge on any atom is 0.101 e. The highest BCUT2D eigenvalue weighted by Gasteiger charge is 2.12. The van der Waals surface area contributed by atoms with Crippen LogP contribution in [0.3, 0.4) is 0 Å². The zero-order valence-corrected chi connectivity index (χ0v) is 10.3. The molecule has 0 saturated carbocycles. The molecule has 0 fully saturated rings. The number of para-hydroxylation sites is 1. The number of aliphatic hydroxyl groups is 1. The van der Waals surface area contributed by atoms with Crippen LogP contribution in [0.2, 0.25) is 0 Å². The topological polar surface area (TPSA) is 82.1 Å². The third-order valence-corrected chi connectivity index (χ3v) is 2.56. The van der Waals surface area contributed by atoms with Gasteiger partial charge in [-0.1, -0.05) is 19.9 Å². The minimum absolute atomic E-state index is 0.0359. The number of anilines is 2. The second-order valence-corrected chi connectivity index (χ2v) is 4.53. The molecular weight excluding hydrogens is 214 g/mol. The van der Waals surface area contributed by atoms with Crippen LogP contribution in [0.25, 0.3) is 0 Å². The number of nitrogens with two attached hydrogens (primary N) is 1. The highest BCUT2D eigenvalue weighted by Crippen LogP contribution is 2.23. The Morgan fingerprint density at radius 1 is 1.47 bits per heavy atom. The summed E-state index contributed by atoms with van der Waals surface area (Å²) in [7, 11) is 0. The van der Waals surface area contributed by atoms with Crippen molar-refractivity contribution in [2.24, 2.45) is 5.92 Å². The predicted molar refractivity (Wildman–Crippen MR) is 69.5 cm³/mol. The quantitative estimate of drug-likeness (QED) is 0.679. The van der Waals surface area contributed by atoms with Crippen LogP contribution in [-0.4, -0.2) is 17.8 Å². The van der Waals surface area contributed by atoms with Crippen LogP contribution in [0.15, 0.2) is 18.2 Å². The van der Waals surface area contributed by atoms with Gasteiger partial charge in [0.2, 0.25) is 0 Å². The predicted octanol–water partition coefficient (Wildman–Crippen LogP) is 1.96. The molecule has 1 unspecified atom stereocenters. The lowest BCUT2D eigenvalue weighted by atomic mass is 10.0. The molecule has 1 aromatic rings. The lowest BCUT2D eigenvalue weighted by Gasteiger charge is -2.20.